The molecule has 0 spiro atoms. The van der Waals surface area contributed by atoms with Crippen LogP contribution in [0.15, 0.2) is 41.0 Å². The summed E-state index contributed by atoms with van der Waals surface area (Å²) in [6.45, 7) is 1.85. The van der Waals surface area contributed by atoms with Crippen LogP contribution in [-0.2, 0) is 6.42 Å². The maximum atomic E-state index is 12.2. The van der Waals surface area contributed by atoms with Crippen molar-refractivity contribution in [1.82, 2.24) is 9.97 Å². The summed E-state index contributed by atoms with van der Waals surface area (Å²) < 4.78 is 10.5. The monoisotopic (exact) mass is 359 g/mol. The summed E-state index contributed by atoms with van der Waals surface area (Å²) in [5.74, 6) is -1.31. The predicted octanol–water partition coefficient (Wildman–Crippen LogP) is 3.44. The minimum absolute atomic E-state index is 0.0336. The minimum atomic E-state index is -1.21. The number of amides is 1. The highest BCUT2D eigenvalue weighted by Crippen LogP contribution is 2.26. The first-order valence-corrected chi connectivity index (χ1v) is 8.11. The van der Waals surface area contributed by atoms with Crippen LogP contribution >= 0.6 is 11.3 Å². The number of carboxylic acids is 1. The van der Waals surface area contributed by atoms with Gasteiger partial charge in [0.2, 0.25) is 0 Å². The number of thiazole rings is 1. The third-order valence-corrected chi connectivity index (χ3v) is 4.18. The fourth-order valence-electron chi connectivity index (χ4n) is 1.91. The zero-order chi connectivity index (χ0) is 17.8. The fourth-order valence-corrected chi connectivity index (χ4v) is 2.80. The molecule has 1 amide bonds. The van der Waals surface area contributed by atoms with Gasteiger partial charge in [0.25, 0.3) is 5.91 Å². The molecule has 0 aliphatic rings. The van der Waals surface area contributed by atoms with Crippen molar-refractivity contribution in [3.63, 3.8) is 0 Å². The summed E-state index contributed by atoms with van der Waals surface area (Å²) in [5, 5.41) is 12.4. The Morgan fingerprint density at radius 3 is 2.72 bits per heavy atom. The number of rotatable bonds is 6. The first kappa shape index (κ1) is 16.7. The highest BCUT2D eigenvalue weighted by atomic mass is 32.1. The van der Waals surface area contributed by atoms with E-state index >= 15 is 0 Å². The number of oxazole rings is 1. The van der Waals surface area contributed by atoms with Crippen LogP contribution in [0.4, 0.5) is 5.00 Å². The highest BCUT2D eigenvalue weighted by molar-refractivity contribution is 7.16. The summed E-state index contributed by atoms with van der Waals surface area (Å²) >= 11 is 1.11. The van der Waals surface area contributed by atoms with Crippen LogP contribution in [0.25, 0.3) is 0 Å². The summed E-state index contributed by atoms with van der Waals surface area (Å²) in [6.07, 6.45) is 1.61. The molecule has 2 heterocycles. The second kappa shape index (κ2) is 7.14. The van der Waals surface area contributed by atoms with Crippen LogP contribution in [0.1, 0.15) is 32.9 Å². The van der Waals surface area contributed by atoms with Crippen LogP contribution < -0.4 is 10.1 Å². The Bertz CT molecular complexity index is 904. The van der Waals surface area contributed by atoms with Crippen LogP contribution in [0, 0.1) is 0 Å². The van der Waals surface area contributed by atoms with Gasteiger partial charge in [-0.1, -0.05) is 25.1 Å². The van der Waals surface area contributed by atoms with Gasteiger partial charge in [0.15, 0.2) is 11.4 Å². The molecule has 9 heteroatoms. The van der Waals surface area contributed by atoms with E-state index in [9.17, 15) is 9.59 Å². The number of aromatic carboxylic acids is 1. The number of aryl methyl sites for hydroxylation is 1. The third kappa shape index (κ3) is 3.83. The molecule has 0 saturated carbocycles. The first-order chi connectivity index (χ1) is 12.1. The van der Waals surface area contributed by atoms with E-state index in [0.717, 1.165) is 17.6 Å². The number of anilines is 1. The lowest BCUT2D eigenvalue weighted by atomic mass is 10.3. The van der Waals surface area contributed by atoms with Gasteiger partial charge in [0.1, 0.15) is 17.0 Å². The molecule has 0 fully saturated rings. The van der Waals surface area contributed by atoms with Gasteiger partial charge in [-0.2, -0.15) is 4.98 Å². The number of carboxylic acid groups (broad SMARTS) is 1. The number of benzene rings is 1. The molecule has 0 bridgehead atoms. The molecule has 2 N–H and O–H groups in total. The Balaban J connectivity index is 1.74. The number of nitrogens with one attached hydrogen (secondary N) is 1. The molecule has 2 aromatic heterocycles. The second-order valence-corrected chi connectivity index (χ2v) is 5.90. The lowest BCUT2D eigenvalue weighted by Gasteiger charge is -2.00. The quantitative estimate of drug-likeness (QED) is 0.693. The number of nitrogens with zero attached hydrogens (tertiary/aromatic N) is 2. The molecular weight excluding hydrogens is 346 g/mol. The van der Waals surface area contributed by atoms with Crippen LogP contribution in [0.3, 0.4) is 0 Å². The van der Waals surface area contributed by atoms with E-state index in [1.54, 1.807) is 24.3 Å². The minimum Gasteiger partial charge on any atom is -0.476 e. The number of hydrogen-bond donors (Lipinski definition) is 2. The molecule has 0 radical (unpaired) electrons. The SMILES string of the molecule is CCc1nc(C(=O)O)c(NC(=O)c2coc(Oc3ccccc3)n2)s1. The van der Waals surface area contributed by atoms with Crippen molar-refractivity contribution in [2.24, 2.45) is 0 Å². The van der Waals surface area contributed by atoms with Crippen LogP contribution in [0.2, 0.25) is 0 Å². The van der Waals surface area contributed by atoms with Crippen LogP contribution in [0.5, 0.6) is 11.8 Å². The maximum absolute atomic E-state index is 12.2. The molecule has 25 heavy (non-hydrogen) atoms. The van der Waals surface area contributed by atoms with Gasteiger partial charge in [-0.05, 0) is 18.6 Å². The standard InChI is InChI=1S/C16H13N3O5S/c1-2-11-18-12(15(21)22)14(25-11)19-13(20)10-8-23-16(17-10)24-9-6-4-3-5-7-9/h3-8H,2H2,1H3,(H,19,20)(H,21,22). The average molecular weight is 359 g/mol. The Morgan fingerprint density at radius 1 is 1.28 bits per heavy atom. The van der Waals surface area contributed by atoms with Crippen molar-refractivity contribution >= 4 is 28.2 Å². The van der Waals surface area contributed by atoms with Crippen molar-refractivity contribution < 1.29 is 23.8 Å². The largest absolute Gasteiger partial charge is 0.476 e. The van der Waals surface area contributed by atoms with Crippen molar-refractivity contribution in [2.45, 2.75) is 13.3 Å². The molecule has 128 valence electrons. The Labute approximate surface area is 146 Å². The van der Waals surface area contributed by atoms with Crippen molar-refractivity contribution in [3.8, 4) is 11.8 Å². The van der Waals surface area contributed by atoms with E-state index in [0.29, 0.717) is 17.2 Å². The summed E-state index contributed by atoms with van der Waals surface area (Å²) in [7, 11) is 0. The summed E-state index contributed by atoms with van der Waals surface area (Å²) in [4.78, 5) is 31.4. The highest BCUT2D eigenvalue weighted by Gasteiger charge is 2.21. The van der Waals surface area contributed by atoms with Gasteiger partial charge in [-0.25, -0.2) is 9.78 Å². The van der Waals surface area contributed by atoms with E-state index in [1.165, 1.54) is 0 Å². The number of para-hydroxylation sites is 1. The maximum Gasteiger partial charge on any atom is 0.399 e. The second-order valence-electron chi connectivity index (χ2n) is 4.81. The van der Waals surface area contributed by atoms with E-state index in [1.807, 2.05) is 13.0 Å². The first-order valence-electron chi connectivity index (χ1n) is 7.29. The molecule has 0 aliphatic heterocycles. The average Bonchev–Trinajstić information content (AvgIpc) is 3.22. The van der Waals surface area contributed by atoms with Crippen molar-refractivity contribution in [3.05, 3.63) is 53.0 Å². The molecule has 0 atom stereocenters. The van der Waals surface area contributed by atoms with Crippen molar-refractivity contribution in [1.29, 1.82) is 0 Å². The number of ether oxygens (including phenoxy) is 1. The van der Waals surface area contributed by atoms with E-state index < -0.39 is 11.9 Å². The third-order valence-electron chi connectivity index (χ3n) is 3.07. The Morgan fingerprint density at radius 2 is 2.04 bits per heavy atom. The van der Waals surface area contributed by atoms with E-state index in [-0.39, 0.29) is 22.5 Å². The lowest BCUT2D eigenvalue weighted by Crippen LogP contribution is -2.14. The molecular formula is C16H13N3O5S. The molecule has 0 aliphatic carbocycles. The fraction of sp³-hybridized carbons (Fsp3) is 0.125. The summed E-state index contributed by atoms with van der Waals surface area (Å²) in [6, 6.07) is 8.84. The topological polar surface area (TPSA) is 115 Å². The molecule has 3 aromatic rings. The number of aromatic nitrogens is 2. The van der Waals surface area contributed by atoms with Gasteiger partial charge >= 0.3 is 12.0 Å². The van der Waals surface area contributed by atoms with Gasteiger partial charge in [0, 0.05) is 0 Å². The molecule has 8 nitrogen and oxygen atoms in total. The molecule has 1 aromatic carbocycles. The van der Waals surface area contributed by atoms with E-state index in [2.05, 4.69) is 15.3 Å². The lowest BCUT2D eigenvalue weighted by molar-refractivity contribution is 0.0692. The molecule has 3 rings (SSSR count). The van der Waals surface area contributed by atoms with Gasteiger partial charge < -0.3 is 19.6 Å². The van der Waals surface area contributed by atoms with Crippen LogP contribution in [-0.4, -0.2) is 27.0 Å². The Kier molecular flexibility index (Phi) is 4.75. The molecule has 0 unspecified atom stereocenters. The van der Waals surface area contributed by atoms with Gasteiger partial charge in [-0.15, -0.1) is 11.3 Å². The Hall–Kier alpha value is -3.20. The summed E-state index contributed by atoms with van der Waals surface area (Å²) in [5.41, 5.74) is -0.229. The van der Waals surface area contributed by atoms with Crippen molar-refractivity contribution in [2.75, 3.05) is 5.32 Å². The zero-order valence-electron chi connectivity index (χ0n) is 13.1. The van der Waals surface area contributed by atoms with Gasteiger partial charge in [0.05, 0.1) is 5.01 Å². The zero-order valence-corrected chi connectivity index (χ0v) is 13.9. The van der Waals surface area contributed by atoms with Gasteiger partial charge in [-0.3, -0.25) is 4.79 Å². The normalized spacial score (nSPS) is 10.4. The number of carbonyl (C=O) groups excluding carboxylic acids is 1. The number of carbonyl (C=O) groups is 2. The molecule has 0 saturated heterocycles. The smallest absolute Gasteiger partial charge is 0.399 e. The predicted molar refractivity (Wildman–Crippen MR) is 89.4 cm³/mol. The number of hydrogen-bond acceptors (Lipinski definition) is 7. The van der Waals surface area contributed by atoms with E-state index in [4.69, 9.17) is 14.3 Å².